The van der Waals surface area contributed by atoms with Gasteiger partial charge in [-0.3, -0.25) is 4.98 Å². The fourth-order valence-electron chi connectivity index (χ4n) is 3.98. The minimum Gasteiger partial charge on any atom is -0.377 e. The van der Waals surface area contributed by atoms with Crippen molar-refractivity contribution in [2.45, 2.75) is 38.7 Å². The van der Waals surface area contributed by atoms with Crippen LogP contribution in [0.3, 0.4) is 0 Å². The average Bonchev–Trinajstić information content (AvgIpc) is 2.99. The van der Waals surface area contributed by atoms with E-state index in [9.17, 15) is 0 Å². The Morgan fingerprint density at radius 1 is 1.29 bits per heavy atom. The topological polar surface area (TPSA) is 51.1 Å². The lowest BCUT2D eigenvalue weighted by Gasteiger charge is -2.39. The highest BCUT2D eigenvalue weighted by Gasteiger charge is 2.42. The molecule has 2 aliphatic rings. The van der Waals surface area contributed by atoms with E-state index in [0.29, 0.717) is 11.5 Å². The Labute approximate surface area is 143 Å². The smallest absolute Gasteiger partial charge is 0.132 e. The predicted octanol–water partition coefficient (Wildman–Crippen LogP) is 2.80. The maximum atomic E-state index is 6.14. The third-order valence-corrected chi connectivity index (χ3v) is 5.41. The van der Waals surface area contributed by atoms with Crippen LogP contribution in [0, 0.1) is 12.3 Å². The van der Waals surface area contributed by atoms with Gasteiger partial charge in [0.05, 0.1) is 12.7 Å². The summed E-state index contributed by atoms with van der Waals surface area (Å²) in [4.78, 5) is 15.2. The van der Waals surface area contributed by atoms with Crippen molar-refractivity contribution in [2.24, 2.45) is 5.41 Å². The largest absolute Gasteiger partial charge is 0.377 e. The molecule has 24 heavy (non-hydrogen) atoms. The summed E-state index contributed by atoms with van der Waals surface area (Å²) in [6, 6.07) is 6.22. The van der Waals surface area contributed by atoms with E-state index in [2.05, 4.69) is 32.0 Å². The van der Waals surface area contributed by atoms with E-state index in [1.165, 1.54) is 24.8 Å². The fourth-order valence-corrected chi connectivity index (χ4v) is 3.98. The van der Waals surface area contributed by atoms with Crippen LogP contribution in [0.1, 0.15) is 30.5 Å². The molecule has 5 nitrogen and oxygen atoms in total. The first kappa shape index (κ1) is 15.5. The maximum Gasteiger partial charge on any atom is 0.132 e. The molecule has 2 aromatic heterocycles. The van der Waals surface area contributed by atoms with E-state index in [-0.39, 0.29) is 0 Å². The molecule has 0 bridgehead atoms. The van der Waals surface area contributed by atoms with Crippen LogP contribution in [0.4, 0.5) is 5.82 Å². The maximum absolute atomic E-state index is 6.14. The lowest BCUT2D eigenvalue weighted by atomic mass is 9.76. The Kier molecular flexibility index (Phi) is 4.19. The molecule has 2 fully saturated rings. The highest BCUT2D eigenvalue weighted by Crippen LogP contribution is 2.43. The number of aromatic nitrogens is 3. The predicted molar refractivity (Wildman–Crippen MR) is 92.9 cm³/mol. The van der Waals surface area contributed by atoms with Crippen LogP contribution >= 0.6 is 0 Å². The Morgan fingerprint density at radius 3 is 2.92 bits per heavy atom. The van der Waals surface area contributed by atoms with Gasteiger partial charge in [0, 0.05) is 43.7 Å². The minimum atomic E-state index is 0.335. The lowest BCUT2D eigenvalue weighted by Crippen LogP contribution is -2.41. The van der Waals surface area contributed by atoms with Gasteiger partial charge in [0.25, 0.3) is 0 Å². The van der Waals surface area contributed by atoms with E-state index < -0.39 is 0 Å². The Morgan fingerprint density at radius 2 is 2.17 bits per heavy atom. The van der Waals surface area contributed by atoms with Gasteiger partial charge >= 0.3 is 0 Å². The SMILES string of the molecule is Cc1cc(N2CCC3(CC2)CO[C@H](Cc2cccnc2)C3)ncn1. The Balaban J connectivity index is 1.35. The molecule has 1 spiro atoms. The molecule has 4 heterocycles. The number of anilines is 1. The van der Waals surface area contributed by atoms with Crippen molar-refractivity contribution in [3.05, 3.63) is 48.2 Å². The second kappa shape index (κ2) is 6.48. The molecule has 0 amide bonds. The van der Waals surface area contributed by atoms with Gasteiger partial charge in [-0.2, -0.15) is 0 Å². The molecule has 0 aliphatic carbocycles. The summed E-state index contributed by atoms with van der Waals surface area (Å²) in [6.45, 7) is 5.03. The molecule has 126 valence electrons. The third-order valence-electron chi connectivity index (χ3n) is 5.41. The Bertz CT molecular complexity index is 683. The van der Waals surface area contributed by atoms with E-state index in [4.69, 9.17) is 4.74 Å². The van der Waals surface area contributed by atoms with Gasteiger partial charge in [-0.25, -0.2) is 9.97 Å². The number of pyridine rings is 1. The van der Waals surface area contributed by atoms with E-state index in [1.807, 2.05) is 25.4 Å². The third kappa shape index (κ3) is 3.26. The summed E-state index contributed by atoms with van der Waals surface area (Å²) < 4.78 is 6.14. The van der Waals surface area contributed by atoms with Gasteiger partial charge in [-0.1, -0.05) is 6.07 Å². The molecule has 2 saturated heterocycles. The molecule has 2 aromatic rings. The minimum absolute atomic E-state index is 0.335. The summed E-state index contributed by atoms with van der Waals surface area (Å²) in [6.07, 6.45) is 10.3. The van der Waals surface area contributed by atoms with Gasteiger partial charge < -0.3 is 9.64 Å². The standard InChI is InChI=1S/C19H24N4O/c1-15-9-18(22-14-21-15)23-7-4-19(5-8-23)11-17(24-13-19)10-16-3-2-6-20-12-16/h2-3,6,9,12,14,17H,4-5,7-8,10-11,13H2,1H3/t17-/m1/s1. The number of rotatable bonds is 3. The number of ether oxygens (including phenoxy) is 1. The van der Waals surface area contributed by atoms with Crippen molar-refractivity contribution in [3.8, 4) is 0 Å². The van der Waals surface area contributed by atoms with Gasteiger partial charge in [-0.15, -0.1) is 0 Å². The number of hydrogen-bond acceptors (Lipinski definition) is 5. The van der Waals surface area contributed by atoms with Gasteiger partial charge in [0.1, 0.15) is 12.1 Å². The van der Waals surface area contributed by atoms with E-state index in [0.717, 1.165) is 37.6 Å². The zero-order valence-corrected chi connectivity index (χ0v) is 14.2. The van der Waals surface area contributed by atoms with Crippen molar-refractivity contribution in [2.75, 3.05) is 24.6 Å². The summed E-state index contributed by atoms with van der Waals surface area (Å²) in [5, 5.41) is 0. The summed E-state index contributed by atoms with van der Waals surface area (Å²) in [5.41, 5.74) is 2.65. The van der Waals surface area contributed by atoms with E-state index in [1.54, 1.807) is 6.33 Å². The highest BCUT2D eigenvalue weighted by molar-refractivity contribution is 5.39. The molecular weight excluding hydrogens is 300 g/mol. The highest BCUT2D eigenvalue weighted by atomic mass is 16.5. The van der Waals surface area contributed by atoms with Crippen LogP contribution in [-0.4, -0.2) is 40.8 Å². The molecule has 0 unspecified atom stereocenters. The van der Waals surface area contributed by atoms with Crippen molar-refractivity contribution in [1.82, 2.24) is 15.0 Å². The normalized spacial score (nSPS) is 22.9. The summed E-state index contributed by atoms with van der Waals surface area (Å²) in [7, 11) is 0. The molecule has 0 radical (unpaired) electrons. The first-order valence-corrected chi connectivity index (χ1v) is 8.77. The monoisotopic (exact) mass is 324 g/mol. The number of piperidine rings is 1. The van der Waals surface area contributed by atoms with Crippen LogP contribution in [0.2, 0.25) is 0 Å². The molecule has 0 N–H and O–H groups in total. The quantitative estimate of drug-likeness (QED) is 0.869. The molecule has 0 aromatic carbocycles. The average molecular weight is 324 g/mol. The molecular formula is C19H24N4O. The summed E-state index contributed by atoms with van der Waals surface area (Å²) >= 11 is 0. The van der Waals surface area contributed by atoms with E-state index >= 15 is 0 Å². The number of hydrogen-bond donors (Lipinski definition) is 0. The van der Waals surface area contributed by atoms with Gasteiger partial charge in [0.15, 0.2) is 0 Å². The molecule has 0 saturated carbocycles. The van der Waals surface area contributed by atoms with Crippen LogP contribution in [0.15, 0.2) is 36.9 Å². The molecule has 5 heteroatoms. The first-order chi connectivity index (χ1) is 11.7. The van der Waals surface area contributed by atoms with Gasteiger partial charge in [0.2, 0.25) is 0 Å². The van der Waals surface area contributed by atoms with Crippen LogP contribution in [0.25, 0.3) is 0 Å². The lowest BCUT2D eigenvalue weighted by molar-refractivity contribution is 0.0886. The molecule has 4 rings (SSSR count). The van der Waals surface area contributed by atoms with Crippen molar-refractivity contribution in [1.29, 1.82) is 0 Å². The van der Waals surface area contributed by atoms with Crippen molar-refractivity contribution < 1.29 is 4.74 Å². The Hall–Kier alpha value is -2.01. The molecule has 2 aliphatic heterocycles. The fraction of sp³-hybridized carbons (Fsp3) is 0.526. The number of aryl methyl sites for hydroxylation is 1. The van der Waals surface area contributed by atoms with Crippen LogP contribution < -0.4 is 4.90 Å². The summed E-state index contributed by atoms with van der Waals surface area (Å²) in [5.74, 6) is 1.06. The van der Waals surface area contributed by atoms with Crippen molar-refractivity contribution in [3.63, 3.8) is 0 Å². The van der Waals surface area contributed by atoms with Crippen LogP contribution in [0.5, 0.6) is 0 Å². The zero-order valence-electron chi connectivity index (χ0n) is 14.2. The number of nitrogens with zero attached hydrogens (tertiary/aromatic N) is 4. The second-order valence-electron chi connectivity index (χ2n) is 7.21. The van der Waals surface area contributed by atoms with Crippen molar-refractivity contribution >= 4 is 5.82 Å². The second-order valence-corrected chi connectivity index (χ2v) is 7.21. The molecule has 1 atom stereocenters. The zero-order chi connectivity index (χ0) is 16.4. The van der Waals surface area contributed by atoms with Crippen LogP contribution in [-0.2, 0) is 11.2 Å². The first-order valence-electron chi connectivity index (χ1n) is 8.77. The van der Waals surface area contributed by atoms with Gasteiger partial charge in [-0.05, 0) is 43.2 Å².